The van der Waals surface area contributed by atoms with Crippen molar-refractivity contribution in [3.05, 3.63) is 73.3 Å². The van der Waals surface area contributed by atoms with Crippen LogP contribution in [0.1, 0.15) is 21.5 Å². The van der Waals surface area contributed by atoms with Crippen molar-refractivity contribution in [3.8, 4) is 5.75 Å². The topological polar surface area (TPSA) is 166 Å². The number of nitro groups is 2. The van der Waals surface area contributed by atoms with E-state index in [9.17, 15) is 29.8 Å². The number of benzene rings is 2. The van der Waals surface area contributed by atoms with E-state index in [-0.39, 0.29) is 17.3 Å². The van der Waals surface area contributed by atoms with Crippen LogP contribution in [-0.2, 0) is 4.79 Å². The van der Waals surface area contributed by atoms with Crippen LogP contribution in [0.2, 0.25) is 0 Å². The van der Waals surface area contributed by atoms with Crippen molar-refractivity contribution in [3.63, 3.8) is 0 Å². The molecule has 0 saturated heterocycles. The Morgan fingerprint density at radius 2 is 1.48 bits per heavy atom. The van der Waals surface area contributed by atoms with Gasteiger partial charge in [0.1, 0.15) is 5.75 Å². The Kier molecular flexibility index (Phi) is 7.52. The molecule has 3 N–H and O–H groups in total. The highest BCUT2D eigenvalue weighted by Crippen LogP contribution is 2.22. The molecule has 13 heteroatoms. The van der Waals surface area contributed by atoms with Crippen molar-refractivity contribution in [2.75, 3.05) is 6.61 Å². The summed E-state index contributed by atoms with van der Waals surface area (Å²) in [4.78, 5) is 44.1. The van der Waals surface area contributed by atoms with Gasteiger partial charge in [-0.2, -0.15) is 0 Å². The number of nitrogens with one attached hydrogen (secondary N) is 3. The molecule has 0 aliphatic heterocycles. The van der Waals surface area contributed by atoms with Crippen LogP contribution in [0.4, 0.5) is 11.4 Å². The molecule has 0 unspecified atom stereocenters. The number of amides is 2. The molecule has 0 atom stereocenters. The molecule has 2 rings (SSSR count). The third-order valence-corrected chi connectivity index (χ3v) is 3.90. The Labute approximate surface area is 180 Å². The number of non-ortho nitro benzene ring substituents is 2. The number of thiocarbonyl (C=S) groups is 1. The van der Waals surface area contributed by atoms with Gasteiger partial charge in [0.15, 0.2) is 11.7 Å². The number of carbonyl (C=O) groups excluding carboxylic acids is 2. The molecule has 0 aliphatic carbocycles. The van der Waals surface area contributed by atoms with E-state index in [2.05, 4.69) is 16.2 Å². The summed E-state index contributed by atoms with van der Waals surface area (Å²) in [5.41, 5.74) is 4.81. The quantitative estimate of drug-likeness (QED) is 0.340. The highest BCUT2D eigenvalue weighted by atomic mass is 32.1. The number of ether oxygens (including phenoxy) is 1. The summed E-state index contributed by atoms with van der Waals surface area (Å²) in [5, 5.41) is 23.6. The van der Waals surface area contributed by atoms with E-state index in [1.54, 1.807) is 12.1 Å². The Morgan fingerprint density at radius 3 is 2.00 bits per heavy atom. The molecule has 2 aromatic carbocycles. The smallest absolute Gasteiger partial charge is 0.277 e. The van der Waals surface area contributed by atoms with E-state index in [0.29, 0.717) is 5.75 Å². The molecule has 0 heterocycles. The van der Waals surface area contributed by atoms with Crippen molar-refractivity contribution >= 4 is 40.5 Å². The van der Waals surface area contributed by atoms with Gasteiger partial charge in [0.05, 0.1) is 21.5 Å². The predicted octanol–water partition coefficient (Wildman–Crippen LogP) is 1.83. The van der Waals surface area contributed by atoms with Gasteiger partial charge >= 0.3 is 0 Å². The Hall–Kier alpha value is -4.13. The Bertz CT molecular complexity index is 1020. The van der Waals surface area contributed by atoms with Crippen LogP contribution in [0.5, 0.6) is 5.75 Å². The van der Waals surface area contributed by atoms with Crippen molar-refractivity contribution in [2.45, 2.75) is 13.8 Å². The lowest BCUT2D eigenvalue weighted by atomic mass is 10.1. The zero-order valence-corrected chi connectivity index (χ0v) is 17.1. The van der Waals surface area contributed by atoms with E-state index < -0.39 is 33.0 Å². The monoisotopic (exact) mass is 447 g/mol. The second-order valence-electron chi connectivity index (χ2n) is 6.32. The maximum atomic E-state index is 12.2. The maximum absolute atomic E-state index is 12.2. The van der Waals surface area contributed by atoms with E-state index in [0.717, 1.165) is 29.3 Å². The first kappa shape index (κ1) is 23.2. The summed E-state index contributed by atoms with van der Waals surface area (Å²) in [6.07, 6.45) is 0. The average molecular weight is 447 g/mol. The lowest BCUT2D eigenvalue weighted by Gasteiger charge is -2.12. The lowest BCUT2D eigenvalue weighted by molar-refractivity contribution is -0.394. The first-order valence-electron chi connectivity index (χ1n) is 8.60. The standard InChI is InChI=1S/C18H17N5O7S/c1-10-3-11(2)5-15(4-10)30-9-16(24)20-21-18(31)19-17(25)12-6-13(22(26)27)8-14(7-12)23(28)29/h3-8H,9H2,1-2H3,(H,20,24)(H2,19,21,25,31). The summed E-state index contributed by atoms with van der Waals surface area (Å²) >= 11 is 4.86. The van der Waals surface area contributed by atoms with Gasteiger partial charge < -0.3 is 4.74 Å². The number of hydrogen-bond donors (Lipinski definition) is 3. The molecule has 0 aliphatic rings. The van der Waals surface area contributed by atoms with Crippen LogP contribution in [-0.4, -0.2) is 33.4 Å². The summed E-state index contributed by atoms with van der Waals surface area (Å²) in [6, 6.07) is 7.92. The van der Waals surface area contributed by atoms with Gasteiger partial charge in [-0.25, -0.2) is 0 Å². The van der Waals surface area contributed by atoms with Crippen molar-refractivity contribution in [1.82, 2.24) is 16.2 Å². The van der Waals surface area contributed by atoms with Gasteiger partial charge in [-0.05, 0) is 49.3 Å². The van der Waals surface area contributed by atoms with E-state index in [1.807, 2.05) is 19.9 Å². The zero-order chi connectivity index (χ0) is 23.1. The van der Waals surface area contributed by atoms with Crippen LogP contribution in [0.25, 0.3) is 0 Å². The molecule has 0 spiro atoms. The van der Waals surface area contributed by atoms with E-state index >= 15 is 0 Å². The van der Waals surface area contributed by atoms with E-state index in [4.69, 9.17) is 17.0 Å². The summed E-state index contributed by atoms with van der Waals surface area (Å²) in [7, 11) is 0. The van der Waals surface area contributed by atoms with Crippen molar-refractivity contribution in [2.24, 2.45) is 0 Å². The van der Waals surface area contributed by atoms with Crippen LogP contribution < -0.4 is 20.9 Å². The van der Waals surface area contributed by atoms with Gasteiger partial charge in [0.25, 0.3) is 23.2 Å². The fraction of sp³-hybridized carbons (Fsp3) is 0.167. The molecular formula is C18H17N5O7S. The van der Waals surface area contributed by atoms with Crippen LogP contribution in [0.3, 0.4) is 0 Å². The first-order valence-corrected chi connectivity index (χ1v) is 9.01. The highest BCUT2D eigenvalue weighted by molar-refractivity contribution is 7.80. The minimum absolute atomic E-state index is 0.330. The molecule has 0 radical (unpaired) electrons. The van der Waals surface area contributed by atoms with Gasteiger partial charge in [-0.3, -0.25) is 46.0 Å². The fourth-order valence-corrected chi connectivity index (χ4v) is 2.62. The summed E-state index contributed by atoms with van der Waals surface area (Å²) < 4.78 is 5.37. The normalized spacial score (nSPS) is 10.0. The SMILES string of the molecule is Cc1cc(C)cc(OCC(=O)NNC(=S)NC(=O)c2cc([N+](=O)[O-])cc([N+](=O)[O-])c2)c1. The molecule has 0 fully saturated rings. The molecule has 2 aromatic rings. The lowest BCUT2D eigenvalue weighted by Crippen LogP contribution is -2.49. The van der Waals surface area contributed by atoms with Crippen molar-refractivity contribution in [1.29, 1.82) is 0 Å². The summed E-state index contributed by atoms with van der Waals surface area (Å²) in [5.74, 6) is -1.03. The van der Waals surface area contributed by atoms with Crippen LogP contribution in [0.15, 0.2) is 36.4 Å². The van der Waals surface area contributed by atoms with Gasteiger partial charge in [0, 0.05) is 12.1 Å². The molecule has 0 aromatic heterocycles. The largest absolute Gasteiger partial charge is 0.484 e. The highest BCUT2D eigenvalue weighted by Gasteiger charge is 2.20. The fourth-order valence-electron chi connectivity index (χ4n) is 2.47. The number of nitro benzene ring substituents is 2. The minimum Gasteiger partial charge on any atom is -0.484 e. The third kappa shape index (κ3) is 7.01. The third-order valence-electron chi connectivity index (χ3n) is 3.69. The second kappa shape index (κ2) is 10.1. The molecule has 31 heavy (non-hydrogen) atoms. The molecule has 162 valence electrons. The van der Waals surface area contributed by atoms with Gasteiger partial charge in [-0.15, -0.1) is 0 Å². The number of carbonyl (C=O) groups is 2. The first-order chi connectivity index (χ1) is 14.5. The zero-order valence-electron chi connectivity index (χ0n) is 16.3. The van der Waals surface area contributed by atoms with Crippen molar-refractivity contribution < 1.29 is 24.2 Å². The number of nitrogens with zero attached hydrogens (tertiary/aromatic N) is 2. The van der Waals surface area contributed by atoms with E-state index in [1.165, 1.54) is 0 Å². The molecule has 0 bridgehead atoms. The maximum Gasteiger partial charge on any atom is 0.277 e. The van der Waals surface area contributed by atoms with Gasteiger partial charge in [-0.1, -0.05) is 6.07 Å². The average Bonchev–Trinajstić information content (AvgIpc) is 2.69. The Balaban J connectivity index is 1.90. The minimum atomic E-state index is -0.940. The number of hydrogen-bond acceptors (Lipinski definition) is 8. The molecule has 12 nitrogen and oxygen atoms in total. The summed E-state index contributed by atoms with van der Waals surface area (Å²) in [6.45, 7) is 3.45. The Morgan fingerprint density at radius 1 is 0.935 bits per heavy atom. The molecule has 0 saturated carbocycles. The van der Waals surface area contributed by atoms with Crippen LogP contribution >= 0.6 is 12.2 Å². The number of rotatable bonds is 6. The molecular weight excluding hydrogens is 430 g/mol. The predicted molar refractivity (Wildman–Crippen MR) is 113 cm³/mol. The second-order valence-corrected chi connectivity index (χ2v) is 6.73. The van der Waals surface area contributed by atoms with Gasteiger partial charge in [0.2, 0.25) is 0 Å². The number of aryl methyl sites for hydroxylation is 2. The number of hydrazine groups is 1. The molecule has 2 amide bonds. The van der Waals surface area contributed by atoms with Crippen LogP contribution in [0, 0.1) is 34.1 Å².